The number of rotatable bonds is 6. The van der Waals surface area contributed by atoms with E-state index in [0.717, 1.165) is 11.0 Å². The number of imide groups is 2. The number of phenolic OH excluding ortho intramolecular Hbond substituents is 1. The highest BCUT2D eigenvalue weighted by Crippen LogP contribution is 2.67. The monoisotopic (exact) mass is 702 g/mol. The number of carboxylic acid groups (broad SMARTS) is 1. The average molecular weight is 703 g/mol. The number of halogens is 7. The van der Waals surface area contributed by atoms with Crippen molar-refractivity contribution in [3.05, 3.63) is 64.5 Å². The number of likely N-dealkylation sites (tertiary alicyclic amines) is 1. The fourth-order valence-corrected chi connectivity index (χ4v) is 8.30. The van der Waals surface area contributed by atoms with Crippen molar-refractivity contribution in [1.29, 1.82) is 0 Å². The van der Waals surface area contributed by atoms with E-state index in [-0.39, 0.29) is 28.2 Å². The summed E-state index contributed by atoms with van der Waals surface area (Å²) in [7, 11) is 1.18. The lowest BCUT2D eigenvalue weighted by molar-refractivity contribution is -0.142. The third kappa shape index (κ3) is 4.17. The first kappa shape index (κ1) is 32.7. The molecule has 1 saturated carbocycles. The van der Waals surface area contributed by atoms with Gasteiger partial charge in [0, 0.05) is 18.0 Å². The summed E-state index contributed by atoms with van der Waals surface area (Å²) in [6.07, 6.45) is -0.0378. The molecule has 47 heavy (non-hydrogen) atoms. The van der Waals surface area contributed by atoms with Crippen molar-refractivity contribution in [2.75, 3.05) is 18.6 Å². The Hall–Kier alpha value is -4.24. The SMILES string of the molecule is COc1cccc(O)c1C1C2=CCC3C(=O)N(CCC(=O)O)C(=O)C3C2CC2(Cl)C(=O)N(c3c(F)c(F)c(F)c(F)c3F)C(=O)C12Cl. The van der Waals surface area contributed by atoms with Gasteiger partial charge in [0.2, 0.25) is 17.6 Å². The molecule has 0 spiro atoms. The third-order valence-electron chi connectivity index (χ3n) is 9.41. The zero-order valence-electron chi connectivity index (χ0n) is 23.8. The van der Waals surface area contributed by atoms with Crippen LogP contribution in [0.15, 0.2) is 29.8 Å². The predicted molar refractivity (Wildman–Crippen MR) is 150 cm³/mol. The number of allylic oxidation sites excluding steroid dienone is 2. The summed E-state index contributed by atoms with van der Waals surface area (Å²) in [6, 6.07) is 3.84. The van der Waals surface area contributed by atoms with E-state index < -0.39 is 123 Å². The summed E-state index contributed by atoms with van der Waals surface area (Å²) in [5.41, 5.74) is -2.10. The van der Waals surface area contributed by atoms with Crippen molar-refractivity contribution < 1.29 is 60.9 Å². The molecule has 2 saturated heterocycles. The van der Waals surface area contributed by atoms with Crippen LogP contribution in [0.4, 0.5) is 27.6 Å². The van der Waals surface area contributed by atoms with Crippen LogP contribution in [0.3, 0.4) is 0 Å². The highest BCUT2D eigenvalue weighted by atomic mass is 35.5. The van der Waals surface area contributed by atoms with Crippen LogP contribution in [0.2, 0.25) is 0 Å². The smallest absolute Gasteiger partial charge is 0.305 e. The second kappa shape index (κ2) is 10.9. The fourth-order valence-electron chi connectivity index (χ4n) is 7.38. The zero-order chi connectivity index (χ0) is 34.5. The van der Waals surface area contributed by atoms with Crippen LogP contribution in [0.1, 0.15) is 30.7 Å². The second-order valence-corrected chi connectivity index (χ2v) is 12.8. The maximum absolute atomic E-state index is 15.1. The van der Waals surface area contributed by atoms with Gasteiger partial charge in [-0.2, -0.15) is 0 Å². The Morgan fingerprint density at radius 1 is 0.957 bits per heavy atom. The molecule has 0 bridgehead atoms. The first-order valence-corrected chi connectivity index (χ1v) is 14.7. The van der Waals surface area contributed by atoms with Crippen molar-refractivity contribution in [3.8, 4) is 11.5 Å². The molecule has 6 unspecified atom stereocenters. The number of methoxy groups -OCH3 is 1. The van der Waals surface area contributed by atoms with Gasteiger partial charge in [0.05, 0.1) is 25.4 Å². The van der Waals surface area contributed by atoms with E-state index in [1.165, 1.54) is 25.3 Å². The number of fused-ring (bicyclic) bond motifs is 4. The topological polar surface area (TPSA) is 142 Å². The number of carboxylic acids is 1. The van der Waals surface area contributed by atoms with E-state index >= 15 is 8.78 Å². The number of nitrogens with zero attached hydrogens (tertiary/aromatic N) is 2. The number of ether oxygens (including phenoxy) is 1. The van der Waals surface area contributed by atoms with Crippen molar-refractivity contribution in [1.82, 2.24) is 4.90 Å². The number of amides is 4. The van der Waals surface area contributed by atoms with Crippen molar-refractivity contribution in [3.63, 3.8) is 0 Å². The molecule has 4 aliphatic rings. The Kier molecular flexibility index (Phi) is 7.59. The minimum Gasteiger partial charge on any atom is -0.508 e. The Morgan fingerprint density at radius 3 is 2.17 bits per heavy atom. The van der Waals surface area contributed by atoms with Crippen LogP contribution in [0, 0.1) is 46.8 Å². The molecule has 2 aliphatic carbocycles. The highest BCUT2D eigenvalue weighted by Gasteiger charge is 2.77. The molecule has 4 amide bonds. The van der Waals surface area contributed by atoms with Gasteiger partial charge in [-0.25, -0.2) is 26.9 Å². The molecule has 17 heteroatoms. The Balaban J connectivity index is 1.59. The molecule has 2 N–H and O–H groups in total. The molecule has 2 heterocycles. The van der Waals surface area contributed by atoms with E-state index in [2.05, 4.69) is 0 Å². The van der Waals surface area contributed by atoms with Gasteiger partial charge in [0.15, 0.2) is 33.0 Å². The molecule has 2 aromatic carbocycles. The highest BCUT2D eigenvalue weighted by molar-refractivity contribution is 6.58. The maximum Gasteiger partial charge on any atom is 0.305 e. The van der Waals surface area contributed by atoms with Crippen LogP contribution in [0.5, 0.6) is 11.5 Å². The Morgan fingerprint density at radius 2 is 1.57 bits per heavy atom. The van der Waals surface area contributed by atoms with E-state index in [1.54, 1.807) is 0 Å². The van der Waals surface area contributed by atoms with Crippen molar-refractivity contribution >= 4 is 58.5 Å². The third-order valence-corrected chi connectivity index (χ3v) is 10.8. The molecule has 6 atom stereocenters. The zero-order valence-corrected chi connectivity index (χ0v) is 25.3. The van der Waals surface area contributed by atoms with Gasteiger partial charge >= 0.3 is 5.97 Å². The first-order chi connectivity index (χ1) is 22.0. The molecule has 6 rings (SSSR count). The lowest BCUT2D eigenvalue weighted by atomic mass is 9.56. The normalized spacial score (nSPS) is 29.9. The minimum atomic E-state index is -2.85. The van der Waals surface area contributed by atoms with E-state index in [4.69, 9.17) is 33.0 Å². The van der Waals surface area contributed by atoms with Gasteiger partial charge in [-0.3, -0.25) is 28.9 Å². The number of hydrogen-bond acceptors (Lipinski definition) is 7. The van der Waals surface area contributed by atoms with E-state index in [1.807, 2.05) is 0 Å². The summed E-state index contributed by atoms with van der Waals surface area (Å²) < 4.78 is 78.2. The van der Waals surface area contributed by atoms with Crippen LogP contribution in [0.25, 0.3) is 0 Å². The number of aliphatic carboxylic acids is 1. The minimum absolute atomic E-state index is 0.0963. The second-order valence-electron chi connectivity index (χ2n) is 11.6. The first-order valence-electron chi connectivity index (χ1n) is 14.0. The molecule has 0 aromatic heterocycles. The number of carbonyl (C=O) groups is 5. The van der Waals surface area contributed by atoms with Gasteiger partial charge < -0.3 is 14.9 Å². The largest absolute Gasteiger partial charge is 0.508 e. The number of hydrogen-bond donors (Lipinski definition) is 2. The van der Waals surface area contributed by atoms with Crippen LogP contribution in [-0.4, -0.2) is 68.1 Å². The lowest BCUT2D eigenvalue weighted by Crippen LogP contribution is -2.60. The molecular formula is C30H21Cl2F5N2O8. The molecule has 3 fully saturated rings. The summed E-state index contributed by atoms with van der Waals surface area (Å²) in [5, 5.41) is 20.2. The van der Waals surface area contributed by atoms with Crippen LogP contribution >= 0.6 is 23.2 Å². The predicted octanol–water partition coefficient (Wildman–Crippen LogP) is 4.13. The molecule has 0 radical (unpaired) electrons. The number of anilines is 1. The molecular weight excluding hydrogens is 682 g/mol. The van der Waals surface area contributed by atoms with Gasteiger partial charge in [-0.05, 0) is 30.9 Å². The molecule has 10 nitrogen and oxygen atoms in total. The van der Waals surface area contributed by atoms with Gasteiger partial charge in [0.1, 0.15) is 17.2 Å². The summed E-state index contributed by atoms with van der Waals surface area (Å²) in [6.45, 7) is -0.477. The molecule has 2 aromatic rings. The standard InChI is InChI=1S/C30H21Cl2F5N2O8/c1-47-14-4-2-3-13(40)17(14)18-10-5-6-11-16(26(44)38(25(11)43)8-7-15(41)42)12(10)9-29(31)27(45)39(28(46)30(18,29)32)24-22(36)20(34)19(33)21(35)23(24)37/h2-5,11-12,16,18,40H,6-9H2,1H3,(H,41,42). The van der Waals surface area contributed by atoms with Gasteiger partial charge in [-0.15, -0.1) is 23.2 Å². The summed E-state index contributed by atoms with van der Waals surface area (Å²) in [4.78, 5) is 61.4. The van der Waals surface area contributed by atoms with Crippen LogP contribution in [-0.2, 0) is 24.0 Å². The number of carbonyl (C=O) groups excluding carboxylic acids is 4. The molecule has 248 valence electrons. The summed E-state index contributed by atoms with van der Waals surface area (Å²) >= 11 is 14.0. The fraction of sp³-hybridized carbons (Fsp3) is 0.367. The average Bonchev–Trinajstić information content (AvgIpc) is 3.36. The van der Waals surface area contributed by atoms with E-state index in [0.29, 0.717) is 0 Å². The van der Waals surface area contributed by atoms with Crippen LogP contribution < -0.4 is 9.64 Å². The lowest BCUT2D eigenvalue weighted by Gasteiger charge is -2.50. The molecule has 2 aliphatic heterocycles. The number of alkyl halides is 2. The number of aromatic hydroxyl groups is 1. The Bertz CT molecular complexity index is 1830. The van der Waals surface area contributed by atoms with Crippen molar-refractivity contribution in [2.45, 2.75) is 34.9 Å². The van der Waals surface area contributed by atoms with E-state index in [9.17, 15) is 42.3 Å². The van der Waals surface area contributed by atoms with Gasteiger partial charge in [-0.1, -0.05) is 17.7 Å². The number of benzene rings is 2. The van der Waals surface area contributed by atoms with Gasteiger partial charge in [0.25, 0.3) is 11.8 Å². The quantitative estimate of drug-likeness (QED) is 0.114. The maximum atomic E-state index is 15.1. The van der Waals surface area contributed by atoms with Crippen molar-refractivity contribution in [2.24, 2.45) is 17.8 Å². The summed E-state index contributed by atoms with van der Waals surface area (Å²) in [5.74, 6) is -24.8. The Labute approximate surface area is 271 Å². The number of phenols is 1.